The van der Waals surface area contributed by atoms with Gasteiger partial charge in [-0.1, -0.05) is 55.0 Å². The Morgan fingerprint density at radius 3 is 2.22 bits per heavy atom. The van der Waals surface area contributed by atoms with Crippen molar-refractivity contribution in [1.29, 1.82) is 0 Å². The average Bonchev–Trinajstić information content (AvgIpc) is 2.75. The fraction of sp³-hybridized carbons (Fsp3) is 0.444. The van der Waals surface area contributed by atoms with Crippen molar-refractivity contribution in [2.24, 2.45) is 0 Å². The zero-order valence-corrected chi connectivity index (χ0v) is 14.0. The molecule has 1 N–H and O–H groups in total. The molecule has 1 aliphatic carbocycles. The molecule has 1 saturated carbocycles. The van der Waals surface area contributed by atoms with Gasteiger partial charge in [-0.2, -0.15) is 0 Å². The highest BCUT2D eigenvalue weighted by Gasteiger charge is 2.39. The van der Waals surface area contributed by atoms with Gasteiger partial charge in [0.1, 0.15) is 10.7 Å². The van der Waals surface area contributed by atoms with Crippen LogP contribution in [0.25, 0.3) is 0 Å². The van der Waals surface area contributed by atoms with E-state index in [1.165, 1.54) is 12.8 Å². The van der Waals surface area contributed by atoms with E-state index in [9.17, 15) is 9.59 Å². The molecule has 0 unspecified atom stereocenters. The lowest BCUT2D eigenvalue weighted by atomic mass is 10.1. The van der Waals surface area contributed by atoms with Gasteiger partial charge in [-0.15, -0.1) is 0 Å². The van der Waals surface area contributed by atoms with Crippen LogP contribution in [0.4, 0.5) is 5.69 Å². The molecular formula is C18H21ClN2O2. The van der Waals surface area contributed by atoms with Gasteiger partial charge < -0.3 is 5.32 Å². The quantitative estimate of drug-likeness (QED) is 0.679. The summed E-state index contributed by atoms with van der Waals surface area (Å²) in [7, 11) is 0. The topological polar surface area (TPSA) is 49.4 Å². The first-order chi connectivity index (χ1) is 11.1. The van der Waals surface area contributed by atoms with Crippen LogP contribution in [0, 0.1) is 6.92 Å². The summed E-state index contributed by atoms with van der Waals surface area (Å²) in [5.41, 5.74) is 1.88. The van der Waals surface area contributed by atoms with Gasteiger partial charge in [-0.25, -0.2) is 4.90 Å². The predicted octanol–water partition coefficient (Wildman–Crippen LogP) is 3.63. The molecule has 2 aliphatic rings. The van der Waals surface area contributed by atoms with Crippen LogP contribution in [-0.4, -0.2) is 17.9 Å². The molecule has 0 aromatic heterocycles. The summed E-state index contributed by atoms with van der Waals surface area (Å²) in [5, 5.41) is 3.23. The van der Waals surface area contributed by atoms with Crippen LogP contribution in [0.1, 0.15) is 44.1 Å². The molecule has 1 fully saturated rings. The SMILES string of the molecule is Cc1ccc(N2C(=O)C(Cl)=C(NC3CCCCCC3)C2=O)cc1. The molecule has 122 valence electrons. The Balaban J connectivity index is 1.80. The number of carbonyl (C=O) groups is 2. The van der Waals surface area contributed by atoms with Gasteiger partial charge >= 0.3 is 0 Å². The molecule has 1 aromatic rings. The van der Waals surface area contributed by atoms with E-state index in [0.717, 1.165) is 36.1 Å². The monoisotopic (exact) mass is 332 g/mol. The second-order valence-electron chi connectivity index (χ2n) is 6.30. The zero-order chi connectivity index (χ0) is 16.4. The van der Waals surface area contributed by atoms with Crippen LogP contribution >= 0.6 is 11.6 Å². The largest absolute Gasteiger partial charge is 0.376 e. The van der Waals surface area contributed by atoms with Crippen molar-refractivity contribution in [3.8, 4) is 0 Å². The van der Waals surface area contributed by atoms with Crippen molar-refractivity contribution < 1.29 is 9.59 Å². The smallest absolute Gasteiger partial charge is 0.283 e. The van der Waals surface area contributed by atoms with Gasteiger partial charge in [0, 0.05) is 6.04 Å². The Bertz CT molecular complexity index is 643. The van der Waals surface area contributed by atoms with E-state index in [1.54, 1.807) is 12.1 Å². The van der Waals surface area contributed by atoms with Crippen molar-refractivity contribution in [3.05, 3.63) is 40.6 Å². The molecule has 0 saturated heterocycles. The minimum absolute atomic E-state index is 0.000165. The number of carbonyl (C=O) groups excluding carboxylic acids is 2. The number of amides is 2. The first kappa shape index (κ1) is 16.1. The summed E-state index contributed by atoms with van der Waals surface area (Å²) >= 11 is 6.16. The minimum Gasteiger partial charge on any atom is -0.376 e. The second kappa shape index (κ2) is 6.75. The summed E-state index contributed by atoms with van der Waals surface area (Å²) in [4.78, 5) is 26.2. The average molecular weight is 333 g/mol. The van der Waals surface area contributed by atoms with Crippen LogP contribution in [0.3, 0.4) is 0 Å². The molecule has 23 heavy (non-hydrogen) atoms. The standard InChI is InChI=1S/C18H21ClN2O2/c1-12-8-10-14(11-9-12)21-17(22)15(19)16(18(21)23)20-13-6-4-2-3-5-7-13/h8-11,13,20H,2-7H2,1H3. The second-order valence-corrected chi connectivity index (χ2v) is 6.68. The number of imide groups is 1. The molecule has 0 bridgehead atoms. The first-order valence-electron chi connectivity index (χ1n) is 8.19. The van der Waals surface area contributed by atoms with E-state index in [0.29, 0.717) is 5.69 Å². The Morgan fingerprint density at radius 1 is 1.00 bits per heavy atom. The van der Waals surface area contributed by atoms with Crippen LogP contribution in [0.5, 0.6) is 0 Å². The van der Waals surface area contributed by atoms with Gasteiger partial charge in [0.05, 0.1) is 5.69 Å². The van der Waals surface area contributed by atoms with Gasteiger partial charge in [-0.05, 0) is 31.9 Å². The Morgan fingerprint density at radius 2 is 1.61 bits per heavy atom. The number of halogens is 1. The van der Waals surface area contributed by atoms with Crippen molar-refractivity contribution in [3.63, 3.8) is 0 Å². The molecule has 1 aromatic carbocycles. The summed E-state index contributed by atoms with van der Waals surface area (Å²) in [6.45, 7) is 1.96. The number of benzene rings is 1. The summed E-state index contributed by atoms with van der Waals surface area (Å²) in [6.07, 6.45) is 6.78. The fourth-order valence-corrected chi connectivity index (χ4v) is 3.40. The highest BCUT2D eigenvalue weighted by Crippen LogP contribution is 2.29. The van der Waals surface area contributed by atoms with Crippen LogP contribution < -0.4 is 10.2 Å². The van der Waals surface area contributed by atoms with Gasteiger partial charge in [0.2, 0.25) is 0 Å². The molecule has 0 radical (unpaired) electrons. The zero-order valence-electron chi connectivity index (χ0n) is 13.3. The maximum Gasteiger partial charge on any atom is 0.283 e. The van der Waals surface area contributed by atoms with Gasteiger partial charge in [0.15, 0.2) is 0 Å². The normalized spacial score (nSPS) is 20.2. The Labute approximate surface area is 141 Å². The van der Waals surface area contributed by atoms with Gasteiger partial charge in [-0.3, -0.25) is 9.59 Å². The first-order valence-corrected chi connectivity index (χ1v) is 8.57. The molecule has 4 nitrogen and oxygen atoms in total. The van der Waals surface area contributed by atoms with Crippen molar-refractivity contribution in [2.45, 2.75) is 51.5 Å². The third kappa shape index (κ3) is 3.27. The van der Waals surface area contributed by atoms with E-state index >= 15 is 0 Å². The number of hydrogen-bond donors (Lipinski definition) is 1. The number of rotatable bonds is 3. The van der Waals surface area contributed by atoms with Crippen molar-refractivity contribution in [2.75, 3.05) is 4.90 Å². The van der Waals surface area contributed by atoms with E-state index in [-0.39, 0.29) is 22.7 Å². The molecule has 1 heterocycles. The fourth-order valence-electron chi connectivity index (χ4n) is 3.18. The number of nitrogens with zero attached hydrogens (tertiary/aromatic N) is 1. The molecular weight excluding hydrogens is 312 g/mol. The molecule has 1 aliphatic heterocycles. The van der Waals surface area contributed by atoms with Crippen LogP contribution in [0.2, 0.25) is 0 Å². The molecule has 3 rings (SSSR count). The van der Waals surface area contributed by atoms with Crippen molar-refractivity contribution >= 4 is 29.1 Å². The van der Waals surface area contributed by atoms with Crippen LogP contribution in [-0.2, 0) is 9.59 Å². The molecule has 0 spiro atoms. The molecule has 2 amide bonds. The molecule has 5 heteroatoms. The lowest BCUT2D eigenvalue weighted by Crippen LogP contribution is -2.36. The number of anilines is 1. The van der Waals surface area contributed by atoms with Crippen molar-refractivity contribution in [1.82, 2.24) is 5.32 Å². The lowest BCUT2D eigenvalue weighted by molar-refractivity contribution is -0.120. The number of nitrogens with one attached hydrogen (secondary N) is 1. The predicted molar refractivity (Wildman–Crippen MR) is 91.2 cm³/mol. The number of aryl methyl sites for hydroxylation is 1. The highest BCUT2D eigenvalue weighted by molar-refractivity contribution is 6.52. The van der Waals surface area contributed by atoms with Crippen LogP contribution in [0.15, 0.2) is 35.0 Å². The minimum atomic E-state index is -0.448. The Hall–Kier alpha value is -1.81. The summed E-state index contributed by atoms with van der Waals surface area (Å²) in [6, 6.07) is 7.51. The van der Waals surface area contributed by atoms with Gasteiger partial charge in [0.25, 0.3) is 11.8 Å². The molecule has 0 atom stereocenters. The highest BCUT2D eigenvalue weighted by atomic mass is 35.5. The summed E-state index contributed by atoms with van der Waals surface area (Å²) < 4.78 is 0. The Kier molecular flexibility index (Phi) is 4.71. The lowest BCUT2D eigenvalue weighted by Gasteiger charge is -2.19. The van der Waals surface area contributed by atoms with E-state index in [4.69, 9.17) is 11.6 Å². The number of hydrogen-bond acceptors (Lipinski definition) is 3. The maximum atomic E-state index is 12.7. The van der Waals surface area contributed by atoms with E-state index < -0.39 is 5.91 Å². The van der Waals surface area contributed by atoms with E-state index in [2.05, 4.69) is 5.32 Å². The maximum absolute atomic E-state index is 12.7. The third-order valence-corrected chi connectivity index (χ3v) is 4.87. The summed E-state index contributed by atoms with van der Waals surface area (Å²) in [5.74, 6) is -0.801. The van der Waals surface area contributed by atoms with E-state index in [1.807, 2.05) is 19.1 Å². The third-order valence-electron chi connectivity index (χ3n) is 4.52.